The number of aryl methyl sites for hydroxylation is 1. The molecule has 0 amide bonds. The zero-order chi connectivity index (χ0) is 16.0. The molecule has 124 valence electrons. The van der Waals surface area contributed by atoms with Crippen molar-refractivity contribution in [3.8, 4) is 0 Å². The molecule has 3 atom stereocenters. The molecule has 23 heavy (non-hydrogen) atoms. The van der Waals surface area contributed by atoms with Crippen molar-refractivity contribution in [2.75, 3.05) is 13.2 Å². The molecule has 1 aliphatic carbocycles. The Labute approximate surface area is 138 Å². The lowest BCUT2D eigenvalue weighted by atomic mass is 9.55. The maximum Gasteiger partial charge on any atom is 0.139 e. The van der Waals surface area contributed by atoms with Gasteiger partial charge in [-0.1, -0.05) is 19.9 Å². The first-order chi connectivity index (χ1) is 11.1. The molecular formula is C19H27N3O. The maximum absolute atomic E-state index is 5.98. The van der Waals surface area contributed by atoms with E-state index in [1.165, 1.54) is 24.1 Å². The molecule has 0 unspecified atom stereocenters. The summed E-state index contributed by atoms with van der Waals surface area (Å²) in [4.78, 5) is 4.77. The summed E-state index contributed by atoms with van der Waals surface area (Å²) in [6.45, 7) is 8.72. The molecule has 0 bridgehead atoms. The summed E-state index contributed by atoms with van der Waals surface area (Å²) in [5.41, 5.74) is 3.72. The minimum absolute atomic E-state index is 0.251. The fourth-order valence-corrected chi connectivity index (χ4v) is 4.62. The highest BCUT2D eigenvalue weighted by Crippen LogP contribution is 2.51. The molecule has 4 rings (SSSR count). The Morgan fingerprint density at radius 1 is 1.43 bits per heavy atom. The third-order valence-electron chi connectivity index (χ3n) is 5.80. The standard InChI is InChI=1S/C19H27N3O/c1-13-6-4-10-22-12-14(21-18(13)22)8-9-20-16-15-7-5-11-23-17(15)19(16,2)3/h4,6,10,12,15-17,20H,5,7-9,11H2,1-3H3/t15-,16-,17+/m1/s1. The van der Waals surface area contributed by atoms with E-state index in [1.54, 1.807) is 0 Å². The number of hydrogen-bond donors (Lipinski definition) is 1. The van der Waals surface area contributed by atoms with Crippen LogP contribution in [0.1, 0.15) is 37.9 Å². The molecular weight excluding hydrogens is 286 g/mol. The molecule has 2 aromatic heterocycles. The van der Waals surface area contributed by atoms with Gasteiger partial charge >= 0.3 is 0 Å². The normalized spacial score (nSPS) is 29.3. The molecule has 2 aromatic rings. The van der Waals surface area contributed by atoms with Gasteiger partial charge in [-0.2, -0.15) is 0 Å². The number of ether oxygens (including phenoxy) is 1. The third kappa shape index (κ3) is 2.48. The van der Waals surface area contributed by atoms with Crippen LogP contribution < -0.4 is 5.32 Å². The minimum atomic E-state index is 0.251. The van der Waals surface area contributed by atoms with E-state index in [9.17, 15) is 0 Å². The molecule has 0 spiro atoms. The molecule has 4 nitrogen and oxygen atoms in total. The molecule has 1 N–H and O–H groups in total. The summed E-state index contributed by atoms with van der Waals surface area (Å²) in [6, 6.07) is 4.77. The van der Waals surface area contributed by atoms with Crippen LogP contribution in [0.3, 0.4) is 0 Å². The number of nitrogens with zero attached hydrogens (tertiary/aromatic N) is 2. The van der Waals surface area contributed by atoms with Crippen LogP contribution >= 0.6 is 0 Å². The predicted molar refractivity (Wildman–Crippen MR) is 91.7 cm³/mol. The largest absolute Gasteiger partial charge is 0.377 e. The average Bonchev–Trinajstić information content (AvgIpc) is 2.96. The Bertz CT molecular complexity index is 706. The Kier molecular flexibility index (Phi) is 3.69. The smallest absolute Gasteiger partial charge is 0.139 e. The van der Waals surface area contributed by atoms with Crippen LogP contribution in [0.25, 0.3) is 5.65 Å². The Hall–Kier alpha value is -1.39. The van der Waals surface area contributed by atoms with Crippen LogP contribution in [0.2, 0.25) is 0 Å². The van der Waals surface area contributed by atoms with Gasteiger partial charge in [0.2, 0.25) is 0 Å². The Morgan fingerprint density at radius 3 is 3.13 bits per heavy atom. The SMILES string of the molecule is Cc1cccn2cc(CCN[C@@H]3[C@H]4CCCO[C@@H]4C3(C)C)nc12. The number of hydrogen-bond acceptors (Lipinski definition) is 3. The molecule has 1 saturated carbocycles. The van der Waals surface area contributed by atoms with Crippen molar-refractivity contribution in [1.29, 1.82) is 0 Å². The molecule has 0 aromatic carbocycles. The van der Waals surface area contributed by atoms with Crippen LogP contribution in [-0.4, -0.2) is 34.7 Å². The van der Waals surface area contributed by atoms with Gasteiger partial charge in [0.05, 0.1) is 11.8 Å². The second-order valence-corrected chi connectivity index (χ2v) is 7.75. The van der Waals surface area contributed by atoms with Crippen molar-refractivity contribution in [3.05, 3.63) is 35.8 Å². The zero-order valence-electron chi connectivity index (χ0n) is 14.4. The van der Waals surface area contributed by atoms with Gasteiger partial charge in [-0.05, 0) is 31.4 Å². The molecule has 4 heteroatoms. The summed E-state index contributed by atoms with van der Waals surface area (Å²) in [5, 5.41) is 3.79. The summed E-state index contributed by atoms with van der Waals surface area (Å²) in [7, 11) is 0. The molecule has 1 saturated heterocycles. The number of pyridine rings is 1. The van der Waals surface area contributed by atoms with Crippen LogP contribution in [0.5, 0.6) is 0 Å². The number of imidazole rings is 1. The van der Waals surface area contributed by atoms with Gasteiger partial charge in [0.15, 0.2) is 0 Å². The average molecular weight is 313 g/mol. The summed E-state index contributed by atoms with van der Waals surface area (Å²) < 4.78 is 8.11. The number of nitrogens with one attached hydrogen (secondary N) is 1. The highest BCUT2D eigenvalue weighted by atomic mass is 16.5. The van der Waals surface area contributed by atoms with E-state index in [1.807, 2.05) is 0 Å². The quantitative estimate of drug-likeness (QED) is 0.943. The van der Waals surface area contributed by atoms with Gasteiger partial charge in [0, 0.05) is 49.3 Å². The lowest BCUT2D eigenvalue weighted by Crippen LogP contribution is -2.69. The van der Waals surface area contributed by atoms with Gasteiger partial charge in [-0.15, -0.1) is 0 Å². The number of aromatic nitrogens is 2. The fourth-order valence-electron chi connectivity index (χ4n) is 4.62. The van der Waals surface area contributed by atoms with Crippen molar-refractivity contribution < 1.29 is 4.74 Å². The number of rotatable bonds is 4. The van der Waals surface area contributed by atoms with Gasteiger partial charge in [0.1, 0.15) is 5.65 Å². The molecule has 0 radical (unpaired) electrons. The second kappa shape index (κ2) is 5.60. The van der Waals surface area contributed by atoms with E-state index in [-0.39, 0.29) is 5.41 Å². The lowest BCUT2D eigenvalue weighted by molar-refractivity contribution is -0.192. The van der Waals surface area contributed by atoms with Gasteiger partial charge in [-0.3, -0.25) is 0 Å². The fraction of sp³-hybridized carbons (Fsp3) is 0.632. The van der Waals surface area contributed by atoms with Crippen molar-refractivity contribution in [1.82, 2.24) is 14.7 Å². The first kappa shape index (κ1) is 15.2. The Balaban J connectivity index is 1.38. The monoisotopic (exact) mass is 313 g/mol. The first-order valence-corrected chi connectivity index (χ1v) is 8.85. The van der Waals surface area contributed by atoms with Crippen molar-refractivity contribution in [2.45, 2.75) is 52.2 Å². The summed E-state index contributed by atoms with van der Waals surface area (Å²) in [5.74, 6) is 0.696. The summed E-state index contributed by atoms with van der Waals surface area (Å²) in [6.07, 6.45) is 8.17. The van der Waals surface area contributed by atoms with Gasteiger partial charge in [-0.25, -0.2) is 4.98 Å². The topological polar surface area (TPSA) is 38.6 Å². The van der Waals surface area contributed by atoms with Gasteiger partial charge in [0.25, 0.3) is 0 Å². The van der Waals surface area contributed by atoms with E-state index in [0.29, 0.717) is 18.1 Å². The van der Waals surface area contributed by atoms with E-state index < -0.39 is 0 Å². The number of fused-ring (bicyclic) bond motifs is 2. The minimum Gasteiger partial charge on any atom is -0.377 e. The molecule has 2 aliphatic rings. The van der Waals surface area contributed by atoms with Crippen LogP contribution in [0.15, 0.2) is 24.5 Å². The molecule has 2 fully saturated rings. The molecule has 3 heterocycles. The van der Waals surface area contributed by atoms with E-state index >= 15 is 0 Å². The lowest BCUT2D eigenvalue weighted by Gasteiger charge is -2.60. The van der Waals surface area contributed by atoms with Gasteiger partial charge < -0.3 is 14.5 Å². The van der Waals surface area contributed by atoms with E-state index in [2.05, 4.69) is 55.0 Å². The zero-order valence-corrected chi connectivity index (χ0v) is 14.4. The van der Waals surface area contributed by atoms with Crippen LogP contribution in [0.4, 0.5) is 0 Å². The van der Waals surface area contributed by atoms with E-state index in [4.69, 9.17) is 9.72 Å². The predicted octanol–water partition coefficient (Wildman–Crippen LogP) is 2.98. The highest BCUT2D eigenvalue weighted by molar-refractivity contribution is 5.47. The van der Waals surface area contributed by atoms with Crippen molar-refractivity contribution in [3.63, 3.8) is 0 Å². The van der Waals surface area contributed by atoms with Crippen molar-refractivity contribution in [2.24, 2.45) is 11.3 Å². The highest BCUT2D eigenvalue weighted by Gasteiger charge is 2.57. The Morgan fingerprint density at radius 2 is 2.30 bits per heavy atom. The van der Waals surface area contributed by atoms with E-state index in [0.717, 1.165) is 25.2 Å². The maximum atomic E-state index is 5.98. The van der Waals surface area contributed by atoms with Crippen LogP contribution in [0, 0.1) is 18.3 Å². The van der Waals surface area contributed by atoms with Crippen LogP contribution in [-0.2, 0) is 11.2 Å². The first-order valence-electron chi connectivity index (χ1n) is 8.85. The summed E-state index contributed by atoms with van der Waals surface area (Å²) >= 11 is 0. The third-order valence-corrected chi connectivity index (χ3v) is 5.80. The molecule has 1 aliphatic heterocycles. The van der Waals surface area contributed by atoms with Crippen molar-refractivity contribution >= 4 is 5.65 Å². The second-order valence-electron chi connectivity index (χ2n) is 7.75.